The van der Waals surface area contributed by atoms with Crippen LogP contribution in [0.25, 0.3) is 11.1 Å². The van der Waals surface area contributed by atoms with Crippen LogP contribution in [0, 0.1) is 0 Å². The number of guanidine groups is 1. The lowest BCUT2D eigenvalue weighted by Gasteiger charge is -2.27. The quantitative estimate of drug-likeness (QED) is 0.570. The van der Waals surface area contributed by atoms with E-state index in [-0.39, 0.29) is 17.4 Å². The van der Waals surface area contributed by atoms with E-state index in [1.165, 1.54) is 37.3 Å². The first-order chi connectivity index (χ1) is 17.1. The fourth-order valence-electron chi connectivity index (χ4n) is 4.58. The van der Waals surface area contributed by atoms with Gasteiger partial charge in [0.05, 0.1) is 13.7 Å². The molecule has 36 heavy (non-hydrogen) atoms. The first kappa shape index (κ1) is 23.5. The van der Waals surface area contributed by atoms with Crippen LogP contribution in [0.3, 0.4) is 0 Å². The summed E-state index contributed by atoms with van der Waals surface area (Å²) in [7, 11) is 2.94. The number of carbonyl (C=O) groups is 1. The largest absolute Gasteiger partial charge is 0.573 e. The number of halogens is 3. The van der Waals surface area contributed by atoms with Gasteiger partial charge in [-0.3, -0.25) is 9.69 Å². The number of aliphatic imine (C=N–C) groups is 1. The number of hydrogen-bond acceptors (Lipinski definition) is 6. The third-order valence-electron chi connectivity index (χ3n) is 6.35. The Morgan fingerprint density at radius 3 is 2.56 bits per heavy atom. The normalized spacial score (nSPS) is 19.1. The molecular formula is C26H22F3N3O4. The second-order valence-corrected chi connectivity index (χ2v) is 8.46. The number of alkyl halides is 3. The molecule has 5 rings (SSSR count). The Hall–Kier alpha value is -4.21. The number of nitrogens with two attached hydrogens (primary N) is 1. The number of carbonyl (C=O) groups excluding carboxylic acids is 1. The zero-order valence-corrected chi connectivity index (χ0v) is 19.4. The van der Waals surface area contributed by atoms with Crippen LogP contribution in [0.1, 0.15) is 16.7 Å². The second kappa shape index (κ2) is 8.47. The van der Waals surface area contributed by atoms with Crippen LogP contribution in [-0.2, 0) is 16.8 Å². The summed E-state index contributed by atoms with van der Waals surface area (Å²) in [6, 6.07) is 16.0. The molecule has 2 aliphatic heterocycles. The molecule has 3 aromatic carbocycles. The number of likely N-dealkylation sites (N-methyl/N-ethyl adjacent to an activating group) is 1. The van der Waals surface area contributed by atoms with Gasteiger partial charge in [-0.25, -0.2) is 4.99 Å². The Labute approximate surface area is 204 Å². The lowest BCUT2D eigenvalue weighted by Crippen LogP contribution is -2.41. The lowest BCUT2D eigenvalue weighted by atomic mass is 9.81. The van der Waals surface area contributed by atoms with Crippen LogP contribution in [0.2, 0.25) is 0 Å². The van der Waals surface area contributed by atoms with E-state index in [1.54, 1.807) is 36.4 Å². The van der Waals surface area contributed by atoms with Crippen molar-refractivity contribution in [1.82, 2.24) is 4.90 Å². The van der Waals surface area contributed by atoms with Crippen molar-refractivity contribution in [3.8, 4) is 28.4 Å². The number of amides is 1. The highest BCUT2D eigenvalue weighted by Crippen LogP contribution is 2.44. The number of methoxy groups -OCH3 is 1. The Balaban J connectivity index is 1.70. The molecule has 0 fully saturated rings. The average molecular weight is 497 g/mol. The van der Waals surface area contributed by atoms with Crippen LogP contribution in [0.4, 0.5) is 13.2 Å². The molecule has 0 saturated carbocycles. The summed E-state index contributed by atoms with van der Waals surface area (Å²) < 4.78 is 54.5. The average Bonchev–Trinajstić information content (AvgIpc) is 3.42. The summed E-state index contributed by atoms with van der Waals surface area (Å²) in [5.41, 5.74) is 7.05. The Morgan fingerprint density at radius 2 is 1.86 bits per heavy atom. The van der Waals surface area contributed by atoms with Crippen molar-refractivity contribution in [3.05, 3.63) is 77.4 Å². The van der Waals surface area contributed by atoms with Crippen molar-refractivity contribution in [2.24, 2.45) is 10.7 Å². The Morgan fingerprint density at radius 1 is 1.08 bits per heavy atom. The van der Waals surface area contributed by atoms with Gasteiger partial charge in [-0.15, -0.1) is 13.2 Å². The predicted octanol–water partition coefficient (Wildman–Crippen LogP) is 4.23. The molecule has 10 heteroatoms. The summed E-state index contributed by atoms with van der Waals surface area (Å²) in [5, 5.41) is 0. The van der Waals surface area contributed by atoms with Crippen LogP contribution in [0.15, 0.2) is 65.7 Å². The first-order valence-electron chi connectivity index (χ1n) is 11.1. The zero-order chi connectivity index (χ0) is 25.7. The van der Waals surface area contributed by atoms with Gasteiger partial charge in [0.2, 0.25) is 0 Å². The molecule has 0 aromatic heterocycles. The zero-order valence-electron chi connectivity index (χ0n) is 19.4. The molecule has 186 valence electrons. The molecule has 0 aliphatic carbocycles. The van der Waals surface area contributed by atoms with Gasteiger partial charge in [-0.1, -0.05) is 24.3 Å². The highest BCUT2D eigenvalue weighted by atomic mass is 19.4. The van der Waals surface area contributed by atoms with Crippen LogP contribution in [-0.4, -0.2) is 43.9 Å². The minimum Gasteiger partial charge on any atom is -0.497 e. The third-order valence-corrected chi connectivity index (χ3v) is 6.35. The summed E-state index contributed by atoms with van der Waals surface area (Å²) in [5.74, 6) is 0.334. The van der Waals surface area contributed by atoms with Gasteiger partial charge in [0, 0.05) is 19.0 Å². The number of rotatable bonds is 5. The fourth-order valence-corrected chi connectivity index (χ4v) is 4.58. The van der Waals surface area contributed by atoms with E-state index >= 15 is 0 Å². The van der Waals surface area contributed by atoms with Crippen LogP contribution in [0.5, 0.6) is 17.2 Å². The van der Waals surface area contributed by atoms with Crippen molar-refractivity contribution in [2.75, 3.05) is 20.8 Å². The Kier molecular flexibility index (Phi) is 5.54. The SMILES string of the molecule is COc1ccc(OC(F)(F)F)c(-c2cccc(C3(c4ccc5c(c4)CCO5)N=C(N)N(C)C3=O)c2)c1. The predicted molar refractivity (Wildman–Crippen MR) is 126 cm³/mol. The molecule has 1 unspecified atom stereocenters. The maximum Gasteiger partial charge on any atom is 0.573 e. The van der Waals surface area contributed by atoms with E-state index < -0.39 is 17.7 Å². The summed E-state index contributed by atoms with van der Waals surface area (Å²) in [6.45, 7) is 0.540. The highest BCUT2D eigenvalue weighted by molar-refractivity contribution is 6.09. The van der Waals surface area contributed by atoms with Gasteiger partial charge >= 0.3 is 6.36 Å². The minimum absolute atomic E-state index is 0.0321. The van der Waals surface area contributed by atoms with Gasteiger partial charge in [0.15, 0.2) is 11.5 Å². The number of ether oxygens (including phenoxy) is 3. The number of fused-ring (bicyclic) bond motifs is 1. The molecule has 0 saturated heterocycles. The summed E-state index contributed by atoms with van der Waals surface area (Å²) >= 11 is 0. The monoisotopic (exact) mass is 497 g/mol. The molecule has 2 heterocycles. The molecular weight excluding hydrogens is 475 g/mol. The fraction of sp³-hybridized carbons (Fsp3) is 0.231. The lowest BCUT2D eigenvalue weighted by molar-refractivity contribution is -0.274. The highest BCUT2D eigenvalue weighted by Gasteiger charge is 2.50. The maximum absolute atomic E-state index is 13.6. The standard InChI is InChI=1S/C26H22F3N3O4/c1-32-23(33)25(31-24(32)30,18-6-8-21-16(13-18)10-11-35-21)17-5-3-4-15(12-17)20-14-19(34-2)7-9-22(20)36-26(27,28)29/h3-9,12-14H,10-11H2,1-2H3,(H2,30,31). The number of nitrogens with zero attached hydrogens (tertiary/aromatic N) is 2. The topological polar surface area (TPSA) is 86.4 Å². The number of hydrogen-bond donors (Lipinski definition) is 1. The molecule has 1 atom stereocenters. The summed E-state index contributed by atoms with van der Waals surface area (Å²) in [4.78, 5) is 19.5. The van der Waals surface area contributed by atoms with Crippen molar-refractivity contribution in [3.63, 3.8) is 0 Å². The van der Waals surface area contributed by atoms with Gasteiger partial charge in [0.25, 0.3) is 5.91 Å². The molecule has 0 bridgehead atoms. The molecule has 3 aromatic rings. The molecule has 2 N–H and O–H groups in total. The van der Waals surface area contributed by atoms with E-state index in [4.69, 9.17) is 15.2 Å². The minimum atomic E-state index is -4.89. The smallest absolute Gasteiger partial charge is 0.497 e. The molecule has 7 nitrogen and oxygen atoms in total. The third kappa shape index (κ3) is 3.88. The van der Waals surface area contributed by atoms with E-state index in [2.05, 4.69) is 9.73 Å². The van der Waals surface area contributed by atoms with E-state index in [1.807, 2.05) is 6.07 Å². The van der Waals surface area contributed by atoms with Crippen molar-refractivity contribution >= 4 is 11.9 Å². The van der Waals surface area contributed by atoms with Crippen molar-refractivity contribution in [2.45, 2.75) is 18.3 Å². The molecule has 1 amide bonds. The van der Waals surface area contributed by atoms with Gasteiger partial charge in [-0.2, -0.15) is 0 Å². The van der Waals surface area contributed by atoms with E-state index in [9.17, 15) is 18.0 Å². The Bertz CT molecular complexity index is 1390. The van der Waals surface area contributed by atoms with E-state index in [0.29, 0.717) is 35.5 Å². The van der Waals surface area contributed by atoms with Gasteiger partial charge < -0.3 is 19.9 Å². The second-order valence-electron chi connectivity index (χ2n) is 8.46. The first-order valence-corrected chi connectivity index (χ1v) is 11.1. The van der Waals surface area contributed by atoms with Gasteiger partial charge in [-0.05, 0) is 58.7 Å². The van der Waals surface area contributed by atoms with E-state index in [0.717, 1.165) is 11.3 Å². The maximum atomic E-state index is 13.6. The van der Waals surface area contributed by atoms with Crippen LogP contribution < -0.4 is 19.9 Å². The summed E-state index contributed by atoms with van der Waals surface area (Å²) in [6.07, 6.45) is -4.21. The molecule has 0 spiro atoms. The number of benzene rings is 3. The molecule has 2 aliphatic rings. The van der Waals surface area contributed by atoms with Crippen molar-refractivity contribution < 1.29 is 32.2 Å². The van der Waals surface area contributed by atoms with Crippen molar-refractivity contribution in [1.29, 1.82) is 0 Å². The van der Waals surface area contributed by atoms with Crippen LogP contribution >= 0.6 is 0 Å². The molecule has 0 radical (unpaired) electrons. The van der Waals surface area contributed by atoms with Gasteiger partial charge in [0.1, 0.15) is 17.2 Å².